The molecule has 0 spiro atoms. The van der Waals surface area contributed by atoms with E-state index < -0.39 is 0 Å². The van der Waals surface area contributed by atoms with Gasteiger partial charge in [-0.3, -0.25) is 4.79 Å². The maximum Gasteiger partial charge on any atom is 0.257 e. The molecule has 0 aromatic heterocycles. The van der Waals surface area contributed by atoms with Crippen molar-refractivity contribution in [3.05, 3.63) is 82.9 Å². The fourth-order valence-electron chi connectivity index (χ4n) is 2.55. The lowest BCUT2D eigenvalue weighted by atomic mass is 10.1. The number of hydrogen-bond acceptors (Lipinski definition) is 3. The summed E-state index contributed by atoms with van der Waals surface area (Å²) in [6.45, 7) is 1.94. The first kappa shape index (κ1) is 17.8. The molecule has 26 heavy (non-hydrogen) atoms. The van der Waals surface area contributed by atoms with Crippen molar-refractivity contribution in [3.63, 3.8) is 0 Å². The van der Waals surface area contributed by atoms with Gasteiger partial charge in [0.2, 0.25) is 0 Å². The second-order valence-electron chi connectivity index (χ2n) is 5.77. The third-order valence-electron chi connectivity index (χ3n) is 4.06. The molecule has 3 aromatic carbocycles. The lowest BCUT2D eigenvalue weighted by molar-refractivity contribution is 0.102. The number of para-hydroxylation sites is 1. The van der Waals surface area contributed by atoms with Crippen molar-refractivity contribution in [1.29, 1.82) is 0 Å². The van der Waals surface area contributed by atoms with Gasteiger partial charge in [-0.1, -0.05) is 29.8 Å². The molecule has 0 aliphatic heterocycles. The Morgan fingerprint density at radius 3 is 2.35 bits per heavy atom. The first-order valence-corrected chi connectivity index (χ1v) is 8.53. The van der Waals surface area contributed by atoms with E-state index in [1.54, 1.807) is 37.4 Å². The topological polar surface area (TPSA) is 50.4 Å². The lowest BCUT2D eigenvalue weighted by Gasteiger charge is -2.14. The van der Waals surface area contributed by atoms with Gasteiger partial charge in [0.1, 0.15) is 5.75 Å². The van der Waals surface area contributed by atoms with Gasteiger partial charge in [-0.25, -0.2) is 0 Å². The van der Waals surface area contributed by atoms with E-state index in [2.05, 4.69) is 10.6 Å². The summed E-state index contributed by atoms with van der Waals surface area (Å²) >= 11 is 6.18. The van der Waals surface area contributed by atoms with Gasteiger partial charge in [0.15, 0.2) is 0 Å². The lowest BCUT2D eigenvalue weighted by Crippen LogP contribution is -2.14. The number of rotatable bonds is 5. The number of methoxy groups -OCH3 is 1. The van der Waals surface area contributed by atoms with Crippen LogP contribution in [-0.4, -0.2) is 13.0 Å². The molecule has 1 amide bonds. The van der Waals surface area contributed by atoms with Crippen LogP contribution < -0.4 is 15.4 Å². The molecule has 0 unspecified atom stereocenters. The summed E-state index contributed by atoms with van der Waals surface area (Å²) in [6.07, 6.45) is 0. The van der Waals surface area contributed by atoms with E-state index in [-0.39, 0.29) is 5.91 Å². The number of anilines is 3. The molecule has 3 rings (SSSR count). The van der Waals surface area contributed by atoms with E-state index in [1.165, 1.54) is 0 Å². The summed E-state index contributed by atoms with van der Waals surface area (Å²) in [6, 6.07) is 20.2. The number of benzene rings is 3. The highest BCUT2D eigenvalue weighted by Gasteiger charge is 2.12. The SMILES string of the molecule is COc1ccc(NC(=O)c2ccccc2Nc2cccc(Cl)c2C)cc1. The Labute approximate surface area is 157 Å². The number of amides is 1. The first-order chi connectivity index (χ1) is 12.6. The first-order valence-electron chi connectivity index (χ1n) is 8.15. The van der Waals surface area contributed by atoms with Crippen LogP contribution in [0.5, 0.6) is 5.75 Å². The van der Waals surface area contributed by atoms with Crippen molar-refractivity contribution >= 4 is 34.6 Å². The Kier molecular flexibility index (Phi) is 5.44. The number of nitrogens with one attached hydrogen (secondary N) is 2. The van der Waals surface area contributed by atoms with Gasteiger partial charge in [-0.2, -0.15) is 0 Å². The molecule has 2 N–H and O–H groups in total. The molecule has 0 aliphatic rings. The third kappa shape index (κ3) is 3.98. The smallest absolute Gasteiger partial charge is 0.257 e. The highest BCUT2D eigenvalue weighted by molar-refractivity contribution is 6.31. The standard InChI is InChI=1S/C21H19ClN2O2/c1-14-18(22)7-5-9-19(14)24-20-8-4-3-6-17(20)21(25)23-15-10-12-16(26-2)13-11-15/h3-13,24H,1-2H3,(H,23,25). The quantitative estimate of drug-likeness (QED) is 0.613. The number of carbonyl (C=O) groups is 1. The van der Waals surface area contributed by atoms with E-state index in [9.17, 15) is 4.79 Å². The van der Waals surface area contributed by atoms with E-state index in [1.807, 2.05) is 43.3 Å². The van der Waals surface area contributed by atoms with Crippen LogP contribution in [0.2, 0.25) is 5.02 Å². The second kappa shape index (κ2) is 7.93. The van der Waals surface area contributed by atoms with Gasteiger partial charge < -0.3 is 15.4 Å². The highest BCUT2D eigenvalue weighted by Crippen LogP contribution is 2.28. The van der Waals surface area contributed by atoms with Crippen LogP contribution in [0.1, 0.15) is 15.9 Å². The van der Waals surface area contributed by atoms with Crippen molar-refractivity contribution in [1.82, 2.24) is 0 Å². The Morgan fingerprint density at radius 2 is 1.62 bits per heavy atom. The highest BCUT2D eigenvalue weighted by atomic mass is 35.5. The Hall–Kier alpha value is -2.98. The summed E-state index contributed by atoms with van der Waals surface area (Å²) in [5.74, 6) is 0.541. The van der Waals surface area contributed by atoms with Gasteiger partial charge in [-0.05, 0) is 61.0 Å². The Morgan fingerprint density at radius 1 is 0.923 bits per heavy atom. The minimum absolute atomic E-state index is 0.196. The van der Waals surface area contributed by atoms with Gasteiger partial charge in [0.25, 0.3) is 5.91 Å². The average Bonchev–Trinajstić information content (AvgIpc) is 2.66. The molecule has 0 saturated heterocycles. The molecule has 0 radical (unpaired) electrons. The average molecular weight is 367 g/mol. The molecule has 0 saturated carbocycles. The zero-order chi connectivity index (χ0) is 18.5. The molecule has 0 atom stereocenters. The van der Waals surface area contributed by atoms with Crippen LogP contribution >= 0.6 is 11.6 Å². The largest absolute Gasteiger partial charge is 0.497 e. The van der Waals surface area contributed by atoms with E-state index >= 15 is 0 Å². The van der Waals surface area contributed by atoms with E-state index in [4.69, 9.17) is 16.3 Å². The van der Waals surface area contributed by atoms with Crippen LogP contribution in [0.4, 0.5) is 17.1 Å². The normalized spacial score (nSPS) is 10.3. The zero-order valence-electron chi connectivity index (χ0n) is 14.5. The zero-order valence-corrected chi connectivity index (χ0v) is 15.3. The number of hydrogen-bond donors (Lipinski definition) is 2. The number of carbonyl (C=O) groups excluding carboxylic acids is 1. The third-order valence-corrected chi connectivity index (χ3v) is 4.47. The fourth-order valence-corrected chi connectivity index (χ4v) is 2.73. The summed E-state index contributed by atoms with van der Waals surface area (Å²) < 4.78 is 5.13. The predicted octanol–water partition coefficient (Wildman–Crippen LogP) is 5.65. The van der Waals surface area contributed by atoms with Crippen LogP contribution in [-0.2, 0) is 0 Å². The molecule has 0 bridgehead atoms. The molecule has 132 valence electrons. The molecule has 0 aliphatic carbocycles. The van der Waals surface area contributed by atoms with Crippen molar-refractivity contribution in [3.8, 4) is 5.75 Å². The minimum atomic E-state index is -0.196. The number of halogens is 1. The van der Waals surface area contributed by atoms with Gasteiger partial charge in [0, 0.05) is 16.4 Å². The van der Waals surface area contributed by atoms with Gasteiger partial charge in [0.05, 0.1) is 18.4 Å². The van der Waals surface area contributed by atoms with Crippen LogP contribution in [0, 0.1) is 6.92 Å². The molecular formula is C21H19ClN2O2. The molecule has 0 heterocycles. The Balaban J connectivity index is 1.83. The summed E-state index contributed by atoms with van der Waals surface area (Å²) in [4.78, 5) is 12.7. The molecule has 4 nitrogen and oxygen atoms in total. The van der Waals surface area contributed by atoms with Crippen LogP contribution in [0.3, 0.4) is 0 Å². The van der Waals surface area contributed by atoms with Crippen molar-refractivity contribution in [2.75, 3.05) is 17.7 Å². The molecular weight excluding hydrogens is 348 g/mol. The summed E-state index contributed by atoms with van der Waals surface area (Å²) in [5, 5.41) is 6.88. The molecule has 0 fully saturated rings. The van der Waals surface area contributed by atoms with Crippen molar-refractivity contribution in [2.24, 2.45) is 0 Å². The van der Waals surface area contributed by atoms with Crippen molar-refractivity contribution in [2.45, 2.75) is 6.92 Å². The molecule has 5 heteroatoms. The van der Waals surface area contributed by atoms with E-state index in [0.717, 1.165) is 17.0 Å². The van der Waals surface area contributed by atoms with Crippen LogP contribution in [0.15, 0.2) is 66.7 Å². The minimum Gasteiger partial charge on any atom is -0.497 e. The fraction of sp³-hybridized carbons (Fsp3) is 0.0952. The van der Waals surface area contributed by atoms with Gasteiger partial charge >= 0.3 is 0 Å². The second-order valence-corrected chi connectivity index (χ2v) is 6.17. The Bertz CT molecular complexity index is 924. The van der Waals surface area contributed by atoms with Gasteiger partial charge in [-0.15, -0.1) is 0 Å². The number of ether oxygens (including phenoxy) is 1. The maximum atomic E-state index is 12.7. The maximum absolute atomic E-state index is 12.7. The summed E-state index contributed by atoms with van der Waals surface area (Å²) in [7, 11) is 1.60. The van der Waals surface area contributed by atoms with Crippen LogP contribution in [0.25, 0.3) is 0 Å². The van der Waals surface area contributed by atoms with E-state index in [0.29, 0.717) is 22.0 Å². The monoisotopic (exact) mass is 366 g/mol. The molecule has 3 aromatic rings. The predicted molar refractivity (Wildman–Crippen MR) is 107 cm³/mol. The van der Waals surface area contributed by atoms with Crippen molar-refractivity contribution < 1.29 is 9.53 Å². The summed E-state index contributed by atoms with van der Waals surface area (Å²) in [5.41, 5.74) is 3.75.